The second kappa shape index (κ2) is 5.65. The van der Waals surface area contributed by atoms with Crippen LogP contribution in [0.15, 0.2) is 48.7 Å². The zero-order valence-electron chi connectivity index (χ0n) is 10.7. The van der Waals surface area contributed by atoms with Gasteiger partial charge in [-0.2, -0.15) is 0 Å². The molecule has 0 unspecified atom stereocenters. The molecule has 0 spiro atoms. The number of rotatable bonds is 4. The van der Waals surface area contributed by atoms with Crippen LogP contribution in [0.1, 0.15) is 25.5 Å². The summed E-state index contributed by atoms with van der Waals surface area (Å²) in [6.07, 6.45) is 1.27. The van der Waals surface area contributed by atoms with Gasteiger partial charge in [0.25, 0.3) is 0 Å². The minimum atomic E-state index is -0.471. The van der Waals surface area contributed by atoms with Gasteiger partial charge in [0, 0.05) is 18.4 Å². The summed E-state index contributed by atoms with van der Waals surface area (Å²) in [7, 11) is 0. The van der Waals surface area contributed by atoms with Crippen molar-refractivity contribution in [1.29, 1.82) is 0 Å². The number of aliphatic hydroxyl groups is 1. The van der Waals surface area contributed by atoms with Gasteiger partial charge in [0.05, 0.1) is 6.10 Å². The Kier molecular flexibility index (Phi) is 3.95. The van der Waals surface area contributed by atoms with Gasteiger partial charge in [-0.15, -0.1) is 0 Å². The van der Waals surface area contributed by atoms with Crippen LogP contribution in [0, 0.1) is 0 Å². The van der Waals surface area contributed by atoms with Gasteiger partial charge in [0.1, 0.15) is 5.82 Å². The maximum atomic E-state index is 9.63. The quantitative estimate of drug-likeness (QED) is 0.893. The molecule has 2 rings (SSSR count). The Balaban J connectivity index is 2.36. The van der Waals surface area contributed by atoms with Crippen molar-refractivity contribution in [3.63, 3.8) is 0 Å². The van der Waals surface area contributed by atoms with Crippen LogP contribution in [0.5, 0.6) is 0 Å². The van der Waals surface area contributed by atoms with Crippen LogP contribution in [0.3, 0.4) is 0 Å². The maximum Gasteiger partial charge on any atom is 0.133 e. The van der Waals surface area contributed by atoms with E-state index in [1.165, 1.54) is 0 Å². The molecule has 0 radical (unpaired) electrons. The summed E-state index contributed by atoms with van der Waals surface area (Å²) in [5.74, 6) is 0.863. The summed E-state index contributed by atoms with van der Waals surface area (Å²) in [6.45, 7) is 4.68. The molecule has 0 saturated heterocycles. The Morgan fingerprint density at radius 1 is 1.22 bits per heavy atom. The molecule has 2 aromatic rings. The van der Waals surface area contributed by atoms with E-state index in [2.05, 4.69) is 28.9 Å². The molecule has 0 bridgehead atoms. The number of benzene rings is 1. The lowest BCUT2D eigenvalue weighted by Gasteiger charge is -2.22. The lowest BCUT2D eigenvalue weighted by Crippen LogP contribution is -2.17. The Labute approximate surface area is 108 Å². The van der Waals surface area contributed by atoms with Crippen molar-refractivity contribution in [2.24, 2.45) is 0 Å². The van der Waals surface area contributed by atoms with Crippen LogP contribution >= 0.6 is 0 Å². The second-order valence-corrected chi connectivity index (χ2v) is 4.20. The van der Waals surface area contributed by atoms with E-state index in [1.807, 2.05) is 30.3 Å². The summed E-state index contributed by atoms with van der Waals surface area (Å²) in [6, 6.07) is 13.9. The van der Waals surface area contributed by atoms with Gasteiger partial charge in [-0.3, -0.25) is 0 Å². The minimum Gasteiger partial charge on any atom is -0.389 e. The topological polar surface area (TPSA) is 36.4 Å². The Morgan fingerprint density at radius 3 is 2.56 bits per heavy atom. The van der Waals surface area contributed by atoms with E-state index in [4.69, 9.17) is 0 Å². The number of pyridine rings is 1. The zero-order valence-corrected chi connectivity index (χ0v) is 10.7. The van der Waals surface area contributed by atoms with Crippen molar-refractivity contribution in [2.45, 2.75) is 20.0 Å². The third-order valence-corrected chi connectivity index (χ3v) is 2.91. The first-order chi connectivity index (χ1) is 8.72. The fraction of sp³-hybridized carbons (Fsp3) is 0.267. The normalized spacial score (nSPS) is 12.2. The molecule has 0 fully saturated rings. The predicted molar refractivity (Wildman–Crippen MR) is 74.0 cm³/mol. The molecule has 18 heavy (non-hydrogen) atoms. The molecule has 1 aromatic carbocycles. The lowest BCUT2D eigenvalue weighted by molar-refractivity contribution is 0.199. The first-order valence-electron chi connectivity index (χ1n) is 6.19. The average molecular weight is 242 g/mol. The van der Waals surface area contributed by atoms with E-state index in [0.29, 0.717) is 0 Å². The van der Waals surface area contributed by atoms with Crippen molar-refractivity contribution in [3.05, 3.63) is 54.2 Å². The van der Waals surface area contributed by atoms with Gasteiger partial charge in [-0.1, -0.05) is 18.2 Å². The highest BCUT2D eigenvalue weighted by Crippen LogP contribution is 2.25. The molecule has 0 aliphatic heterocycles. The molecule has 0 aliphatic carbocycles. The Bertz CT molecular complexity index is 497. The highest BCUT2D eigenvalue weighted by Gasteiger charge is 2.10. The molecule has 0 saturated carbocycles. The molecule has 1 N–H and O–H groups in total. The monoisotopic (exact) mass is 242 g/mol. The summed E-state index contributed by atoms with van der Waals surface area (Å²) < 4.78 is 0. The van der Waals surface area contributed by atoms with Gasteiger partial charge >= 0.3 is 0 Å². The first-order valence-corrected chi connectivity index (χ1v) is 6.19. The van der Waals surface area contributed by atoms with Gasteiger partial charge < -0.3 is 10.0 Å². The van der Waals surface area contributed by atoms with E-state index in [9.17, 15) is 5.11 Å². The van der Waals surface area contributed by atoms with Gasteiger partial charge in [-0.25, -0.2) is 4.98 Å². The number of anilines is 2. The smallest absolute Gasteiger partial charge is 0.133 e. The second-order valence-electron chi connectivity index (χ2n) is 4.20. The summed E-state index contributed by atoms with van der Waals surface area (Å²) in [5.41, 5.74) is 1.99. The van der Waals surface area contributed by atoms with Crippen molar-refractivity contribution < 1.29 is 5.11 Å². The maximum absolute atomic E-state index is 9.63. The molecule has 0 aliphatic rings. The lowest BCUT2D eigenvalue weighted by atomic mass is 10.1. The molecule has 1 heterocycles. The SMILES string of the molecule is CCN(c1ccccc1)c1cc([C@H](C)O)ccn1. The molecule has 1 atom stereocenters. The van der Waals surface area contributed by atoms with E-state index in [1.54, 1.807) is 13.1 Å². The summed E-state index contributed by atoms with van der Waals surface area (Å²) >= 11 is 0. The molecular formula is C15H18N2O. The van der Waals surface area contributed by atoms with E-state index >= 15 is 0 Å². The van der Waals surface area contributed by atoms with Crippen molar-refractivity contribution in [2.75, 3.05) is 11.4 Å². The Morgan fingerprint density at radius 2 is 1.94 bits per heavy atom. The number of hydrogen-bond donors (Lipinski definition) is 1. The number of para-hydroxylation sites is 1. The van der Waals surface area contributed by atoms with Gasteiger partial charge in [0.15, 0.2) is 0 Å². The van der Waals surface area contributed by atoms with Crippen molar-refractivity contribution in [3.8, 4) is 0 Å². The third-order valence-electron chi connectivity index (χ3n) is 2.91. The van der Waals surface area contributed by atoms with Crippen LogP contribution < -0.4 is 4.90 Å². The number of aromatic nitrogens is 1. The predicted octanol–water partition coefficient (Wildman–Crippen LogP) is 3.29. The van der Waals surface area contributed by atoms with Crippen LogP contribution in [-0.4, -0.2) is 16.6 Å². The molecule has 1 aromatic heterocycles. The third kappa shape index (κ3) is 2.68. The summed E-state index contributed by atoms with van der Waals surface area (Å²) in [5, 5.41) is 9.63. The molecule has 0 amide bonds. The van der Waals surface area contributed by atoms with E-state index < -0.39 is 6.10 Å². The highest BCUT2D eigenvalue weighted by atomic mass is 16.3. The van der Waals surface area contributed by atoms with Crippen molar-refractivity contribution in [1.82, 2.24) is 4.98 Å². The molecule has 3 heteroatoms. The number of hydrogen-bond acceptors (Lipinski definition) is 3. The van der Waals surface area contributed by atoms with Crippen molar-refractivity contribution >= 4 is 11.5 Å². The summed E-state index contributed by atoms with van der Waals surface area (Å²) in [4.78, 5) is 6.50. The van der Waals surface area contributed by atoms with Crippen LogP contribution in [-0.2, 0) is 0 Å². The molecule has 3 nitrogen and oxygen atoms in total. The standard InChI is InChI=1S/C15H18N2O/c1-3-17(14-7-5-4-6-8-14)15-11-13(12(2)18)9-10-16-15/h4-12,18H,3H2,1-2H3/t12-/m0/s1. The molecule has 94 valence electrons. The highest BCUT2D eigenvalue weighted by molar-refractivity contribution is 5.60. The van der Waals surface area contributed by atoms with Crippen LogP contribution in [0.2, 0.25) is 0 Å². The molecular weight excluding hydrogens is 224 g/mol. The van der Waals surface area contributed by atoms with Gasteiger partial charge in [-0.05, 0) is 43.7 Å². The van der Waals surface area contributed by atoms with Gasteiger partial charge in [0.2, 0.25) is 0 Å². The largest absolute Gasteiger partial charge is 0.389 e. The van der Waals surface area contributed by atoms with Crippen LogP contribution in [0.25, 0.3) is 0 Å². The van der Waals surface area contributed by atoms with E-state index in [0.717, 1.165) is 23.6 Å². The average Bonchev–Trinajstić information content (AvgIpc) is 2.41. The van der Waals surface area contributed by atoms with Crippen LogP contribution in [0.4, 0.5) is 11.5 Å². The van der Waals surface area contributed by atoms with E-state index in [-0.39, 0.29) is 0 Å². The zero-order chi connectivity index (χ0) is 13.0. The fourth-order valence-electron chi connectivity index (χ4n) is 1.93. The first kappa shape index (κ1) is 12.6. The fourth-order valence-corrected chi connectivity index (χ4v) is 1.93. The minimum absolute atomic E-state index is 0.471. The number of aliphatic hydroxyl groups excluding tert-OH is 1. The Hall–Kier alpha value is -1.87. The number of nitrogens with zero attached hydrogens (tertiary/aromatic N) is 2.